The third-order valence-electron chi connectivity index (χ3n) is 3.93. The minimum absolute atomic E-state index is 0.0874. The topological polar surface area (TPSA) is 50.8 Å². The van der Waals surface area contributed by atoms with Crippen molar-refractivity contribution in [3.05, 3.63) is 53.0 Å². The van der Waals surface area contributed by atoms with Gasteiger partial charge in [-0.1, -0.05) is 28.1 Å². The number of amides is 1. The average Bonchev–Trinajstić information content (AvgIpc) is 2.63. The van der Waals surface area contributed by atoms with E-state index in [9.17, 15) is 4.79 Å². The number of nitrogens with zero attached hydrogens (tertiary/aromatic N) is 1. The van der Waals surface area contributed by atoms with Gasteiger partial charge >= 0.3 is 0 Å². The SMILES string of the molecule is COc1ccccc1NC(=O)[C@@H](C)N(C)CCOc1ccc(Br)cc1. The molecule has 1 amide bonds. The molecule has 25 heavy (non-hydrogen) atoms. The van der Waals surface area contributed by atoms with Crippen molar-refractivity contribution in [1.29, 1.82) is 0 Å². The van der Waals surface area contributed by atoms with E-state index in [2.05, 4.69) is 21.2 Å². The molecule has 0 heterocycles. The van der Waals surface area contributed by atoms with Crippen LogP contribution in [0.4, 0.5) is 5.69 Å². The zero-order chi connectivity index (χ0) is 18.2. The molecule has 0 aliphatic heterocycles. The molecule has 2 rings (SSSR count). The van der Waals surface area contributed by atoms with Gasteiger partial charge in [-0.15, -0.1) is 0 Å². The third kappa shape index (κ3) is 5.76. The number of anilines is 1. The standard InChI is InChI=1S/C19H23BrN2O3/c1-14(19(23)21-17-6-4-5-7-18(17)24-3)22(2)12-13-25-16-10-8-15(20)9-11-16/h4-11,14H,12-13H2,1-3H3,(H,21,23)/t14-/m1/s1. The Bertz CT molecular complexity index is 691. The van der Waals surface area contributed by atoms with Gasteiger partial charge in [-0.2, -0.15) is 0 Å². The van der Waals surface area contributed by atoms with Crippen molar-refractivity contribution in [3.63, 3.8) is 0 Å². The summed E-state index contributed by atoms with van der Waals surface area (Å²) in [5.41, 5.74) is 0.668. The Kier molecular flexibility index (Phi) is 7.28. The van der Waals surface area contributed by atoms with Gasteiger partial charge in [0.05, 0.1) is 18.8 Å². The Labute approximate surface area is 157 Å². The molecule has 0 spiro atoms. The van der Waals surface area contributed by atoms with Crippen LogP contribution in [0, 0.1) is 0 Å². The van der Waals surface area contributed by atoms with E-state index >= 15 is 0 Å². The summed E-state index contributed by atoms with van der Waals surface area (Å²) in [5.74, 6) is 1.36. The first-order valence-corrected chi connectivity index (χ1v) is 8.83. The van der Waals surface area contributed by atoms with Crippen LogP contribution < -0.4 is 14.8 Å². The second-order valence-corrected chi connectivity index (χ2v) is 6.56. The van der Waals surface area contributed by atoms with Crippen LogP contribution in [0.2, 0.25) is 0 Å². The van der Waals surface area contributed by atoms with Crippen LogP contribution in [0.1, 0.15) is 6.92 Å². The molecule has 0 fully saturated rings. The van der Waals surface area contributed by atoms with E-state index in [4.69, 9.17) is 9.47 Å². The van der Waals surface area contributed by atoms with Gasteiger partial charge in [0.25, 0.3) is 0 Å². The zero-order valence-corrected chi connectivity index (χ0v) is 16.2. The molecular formula is C19H23BrN2O3. The van der Waals surface area contributed by atoms with Crippen LogP contribution in [0.25, 0.3) is 0 Å². The fourth-order valence-electron chi connectivity index (χ4n) is 2.22. The number of nitrogens with one attached hydrogen (secondary N) is 1. The number of benzene rings is 2. The highest BCUT2D eigenvalue weighted by Crippen LogP contribution is 2.23. The summed E-state index contributed by atoms with van der Waals surface area (Å²) in [6.07, 6.45) is 0. The molecule has 6 heteroatoms. The lowest BCUT2D eigenvalue weighted by Crippen LogP contribution is -2.41. The van der Waals surface area contributed by atoms with Crippen LogP contribution in [-0.4, -0.2) is 44.2 Å². The molecule has 0 aromatic heterocycles. The summed E-state index contributed by atoms with van der Waals surface area (Å²) >= 11 is 3.39. The second-order valence-electron chi connectivity index (χ2n) is 5.65. The number of rotatable bonds is 8. The van der Waals surface area contributed by atoms with Crippen molar-refractivity contribution < 1.29 is 14.3 Å². The molecule has 1 N–H and O–H groups in total. The van der Waals surface area contributed by atoms with Crippen LogP contribution >= 0.6 is 15.9 Å². The maximum Gasteiger partial charge on any atom is 0.241 e. The first kappa shape index (κ1) is 19.3. The second kappa shape index (κ2) is 9.44. The predicted molar refractivity (Wildman–Crippen MR) is 103 cm³/mol. The zero-order valence-electron chi connectivity index (χ0n) is 14.7. The Morgan fingerprint density at radius 2 is 1.88 bits per heavy atom. The van der Waals surface area contributed by atoms with E-state index in [1.165, 1.54) is 0 Å². The summed E-state index contributed by atoms with van der Waals surface area (Å²) in [6.45, 7) is 3.01. The van der Waals surface area contributed by atoms with E-state index in [0.717, 1.165) is 10.2 Å². The molecule has 0 saturated heterocycles. The van der Waals surface area contributed by atoms with Crippen LogP contribution in [-0.2, 0) is 4.79 Å². The Morgan fingerprint density at radius 3 is 2.56 bits per heavy atom. The number of hydrogen-bond acceptors (Lipinski definition) is 4. The predicted octanol–water partition coefficient (Wildman–Crippen LogP) is 3.80. The van der Waals surface area contributed by atoms with Gasteiger partial charge in [-0.3, -0.25) is 9.69 Å². The van der Waals surface area contributed by atoms with Crippen molar-refractivity contribution in [2.45, 2.75) is 13.0 Å². The van der Waals surface area contributed by atoms with Gasteiger partial charge in [0.1, 0.15) is 18.1 Å². The summed E-state index contributed by atoms with van der Waals surface area (Å²) in [4.78, 5) is 14.4. The number of hydrogen-bond donors (Lipinski definition) is 1. The van der Waals surface area contributed by atoms with Crippen LogP contribution in [0.5, 0.6) is 11.5 Å². The monoisotopic (exact) mass is 406 g/mol. The first-order valence-electron chi connectivity index (χ1n) is 8.03. The Balaban J connectivity index is 1.83. The number of likely N-dealkylation sites (N-methyl/N-ethyl adjacent to an activating group) is 1. The molecule has 134 valence electrons. The Hall–Kier alpha value is -2.05. The smallest absolute Gasteiger partial charge is 0.241 e. The van der Waals surface area contributed by atoms with Gasteiger partial charge in [-0.05, 0) is 50.4 Å². The molecule has 0 radical (unpaired) electrons. The molecule has 2 aromatic rings. The van der Waals surface area contributed by atoms with Crippen molar-refractivity contribution in [1.82, 2.24) is 4.90 Å². The van der Waals surface area contributed by atoms with Gasteiger partial charge in [0.2, 0.25) is 5.91 Å². The summed E-state index contributed by atoms with van der Waals surface area (Å²) in [7, 11) is 3.48. The highest BCUT2D eigenvalue weighted by atomic mass is 79.9. The summed E-state index contributed by atoms with van der Waals surface area (Å²) < 4.78 is 12.0. The number of para-hydroxylation sites is 2. The lowest BCUT2D eigenvalue weighted by atomic mass is 10.2. The minimum atomic E-state index is -0.293. The van der Waals surface area contributed by atoms with E-state index in [-0.39, 0.29) is 11.9 Å². The van der Waals surface area contributed by atoms with Gasteiger partial charge in [-0.25, -0.2) is 0 Å². The normalized spacial score (nSPS) is 11.9. The average molecular weight is 407 g/mol. The quantitative estimate of drug-likeness (QED) is 0.724. The molecule has 0 unspecified atom stereocenters. The summed E-state index contributed by atoms with van der Waals surface area (Å²) in [5, 5.41) is 2.90. The molecule has 1 atom stereocenters. The number of methoxy groups -OCH3 is 1. The highest BCUT2D eigenvalue weighted by molar-refractivity contribution is 9.10. The fraction of sp³-hybridized carbons (Fsp3) is 0.316. The van der Waals surface area contributed by atoms with E-state index in [1.54, 1.807) is 7.11 Å². The molecule has 2 aromatic carbocycles. The Morgan fingerprint density at radius 1 is 1.20 bits per heavy atom. The first-order chi connectivity index (χ1) is 12.0. The van der Waals surface area contributed by atoms with E-state index in [1.807, 2.05) is 67.4 Å². The minimum Gasteiger partial charge on any atom is -0.495 e. The van der Waals surface area contributed by atoms with E-state index < -0.39 is 0 Å². The molecule has 0 aliphatic rings. The fourth-order valence-corrected chi connectivity index (χ4v) is 2.48. The number of ether oxygens (including phenoxy) is 2. The maximum atomic E-state index is 12.4. The van der Waals surface area contributed by atoms with Gasteiger partial charge in [0.15, 0.2) is 0 Å². The molecule has 0 saturated carbocycles. The maximum absolute atomic E-state index is 12.4. The molecule has 0 bridgehead atoms. The largest absolute Gasteiger partial charge is 0.495 e. The lowest BCUT2D eigenvalue weighted by Gasteiger charge is -2.24. The van der Waals surface area contributed by atoms with Gasteiger partial charge in [0, 0.05) is 11.0 Å². The van der Waals surface area contributed by atoms with E-state index in [0.29, 0.717) is 24.6 Å². The number of carbonyl (C=O) groups excluding carboxylic acids is 1. The van der Waals surface area contributed by atoms with Crippen molar-refractivity contribution in [3.8, 4) is 11.5 Å². The van der Waals surface area contributed by atoms with Crippen molar-refractivity contribution in [2.75, 3.05) is 32.6 Å². The molecule has 5 nitrogen and oxygen atoms in total. The number of halogens is 1. The molecule has 0 aliphatic carbocycles. The third-order valence-corrected chi connectivity index (χ3v) is 4.46. The van der Waals surface area contributed by atoms with Crippen molar-refractivity contribution in [2.24, 2.45) is 0 Å². The summed E-state index contributed by atoms with van der Waals surface area (Å²) in [6, 6.07) is 14.7. The van der Waals surface area contributed by atoms with Gasteiger partial charge < -0.3 is 14.8 Å². The lowest BCUT2D eigenvalue weighted by molar-refractivity contribution is -0.120. The van der Waals surface area contributed by atoms with Crippen LogP contribution in [0.3, 0.4) is 0 Å². The highest BCUT2D eigenvalue weighted by Gasteiger charge is 2.19. The van der Waals surface area contributed by atoms with Crippen molar-refractivity contribution >= 4 is 27.5 Å². The number of carbonyl (C=O) groups is 1. The molecular weight excluding hydrogens is 384 g/mol. The van der Waals surface area contributed by atoms with Crippen LogP contribution in [0.15, 0.2) is 53.0 Å².